The minimum atomic E-state index is -3.90. The first-order valence-corrected chi connectivity index (χ1v) is 9.07. The van der Waals surface area contributed by atoms with E-state index in [0.717, 1.165) is 15.4 Å². The quantitative estimate of drug-likeness (QED) is 0.864. The van der Waals surface area contributed by atoms with Gasteiger partial charge in [-0.2, -0.15) is 0 Å². The van der Waals surface area contributed by atoms with Crippen molar-refractivity contribution in [3.8, 4) is 0 Å². The average Bonchev–Trinajstić information content (AvgIpc) is 2.57. The summed E-state index contributed by atoms with van der Waals surface area (Å²) in [7, 11) is -2.65. The molecule has 130 valence electrons. The van der Waals surface area contributed by atoms with Gasteiger partial charge in [-0.05, 0) is 49.2 Å². The van der Waals surface area contributed by atoms with Crippen LogP contribution in [0.2, 0.25) is 0 Å². The highest BCUT2D eigenvalue weighted by atomic mass is 32.2. The number of fused-ring (bicyclic) bond motifs is 1. The standard InChI is InChI=1S/C18H18N2O4S/c1-11-8-9-13(10-12(11)2)19-18(22)16-17(21)14-6-4-5-7-15(14)25(23,24)20(16)3/h4-10,21H,1-3H3,(H,19,22). The van der Waals surface area contributed by atoms with Gasteiger partial charge in [0, 0.05) is 18.3 Å². The number of nitrogens with zero attached hydrogens (tertiary/aromatic N) is 1. The van der Waals surface area contributed by atoms with Gasteiger partial charge in [0.15, 0.2) is 11.5 Å². The minimum Gasteiger partial charge on any atom is -0.505 e. The molecule has 0 unspecified atom stereocenters. The molecular formula is C18H18N2O4S. The summed E-state index contributed by atoms with van der Waals surface area (Å²) in [6.45, 7) is 3.86. The van der Waals surface area contributed by atoms with Crippen LogP contribution in [0.15, 0.2) is 53.1 Å². The van der Waals surface area contributed by atoms with Gasteiger partial charge < -0.3 is 10.4 Å². The van der Waals surface area contributed by atoms with E-state index in [0.29, 0.717) is 5.69 Å². The van der Waals surface area contributed by atoms with Crippen molar-refractivity contribution in [2.75, 3.05) is 12.4 Å². The molecule has 0 saturated carbocycles. The number of hydrogen-bond acceptors (Lipinski definition) is 4. The van der Waals surface area contributed by atoms with E-state index in [2.05, 4.69) is 5.32 Å². The van der Waals surface area contributed by atoms with Gasteiger partial charge in [0.2, 0.25) is 0 Å². The Hall–Kier alpha value is -2.80. The zero-order valence-electron chi connectivity index (χ0n) is 14.1. The molecule has 7 heteroatoms. The molecule has 25 heavy (non-hydrogen) atoms. The Bertz CT molecular complexity index is 1010. The van der Waals surface area contributed by atoms with Gasteiger partial charge in [-0.25, -0.2) is 8.42 Å². The number of aryl methyl sites for hydroxylation is 2. The summed E-state index contributed by atoms with van der Waals surface area (Å²) in [5, 5.41) is 13.1. The second kappa shape index (κ2) is 5.93. The van der Waals surface area contributed by atoms with Crippen LogP contribution in [0.4, 0.5) is 5.69 Å². The number of carbonyl (C=O) groups is 1. The minimum absolute atomic E-state index is 0.0299. The number of amides is 1. The van der Waals surface area contributed by atoms with E-state index in [9.17, 15) is 18.3 Å². The number of benzene rings is 2. The number of nitrogens with one attached hydrogen (secondary N) is 1. The van der Waals surface area contributed by atoms with Crippen LogP contribution in [0.3, 0.4) is 0 Å². The number of sulfonamides is 1. The van der Waals surface area contributed by atoms with Gasteiger partial charge in [0.1, 0.15) is 0 Å². The number of anilines is 1. The topological polar surface area (TPSA) is 86.7 Å². The van der Waals surface area contributed by atoms with Crippen LogP contribution in [-0.4, -0.2) is 30.8 Å². The van der Waals surface area contributed by atoms with Crippen molar-refractivity contribution in [3.05, 3.63) is 64.9 Å². The third kappa shape index (κ3) is 2.76. The van der Waals surface area contributed by atoms with Crippen molar-refractivity contribution in [2.45, 2.75) is 18.7 Å². The number of aliphatic hydroxyl groups is 1. The summed E-state index contributed by atoms with van der Waals surface area (Å²) in [5.74, 6) is -1.06. The van der Waals surface area contributed by atoms with Gasteiger partial charge in [0.25, 0.3) is 15.9 Å². The van der Waals surface area contributed by atoms with Gasteiger partial charge in [-0.15, -0.1) is 0 Å². The average molecular weight is 358 g/mol. The largest absolute Gasteiger partial charge is 0.505 e. The number of carbonyl (C=O) groups excluding carboxylic acids is 1. The highest BCUT2D eigenvalue weighted by Gasteiger charge is 2.37. The van der Waals surface area contributed by atoms with Crippen LogP contribution in [0.5, 0.6) is 0 Å². The highest BCUT2D eigenvalue weighted by molar-refractivity contribution is 7.89. The second-order valence-corrected chi connectivity index (χ2v) is 7.86. The van der Waals surface area contributed by atoms with Crippen LogP contribution >= 0.6 is 0 Å². The molecule has 0 radical (unpaired) electrons. The predicted octanol–water partition coefficient (Wildman–Crippen LogP) is 2.80. The molecule has 3 rings (SSSR count). The predicted molar refractivity (Wildman–Crippen MR) is 95.5 cm³/mol. The Morgan fingerprint density at radius 2 is 1.76 bits per heavy atom. The molecule has 1 heterocycles. The van der Waals surface area contributed by atoms with Gasteiger partial charge in [-0.3, -0.25) is 9.10 Å². The zero-order valence-corrected chi connectivity index (χ0v) is 14.9. The molecule has 0 fully saturated rings. The first-order chi connectivity index (χ1) is 11.7. The fraction of sp³-hybridized carbons (Fsp3) is 0.167. The van der Waals surface area contributed by atoms with Crippen LogP contribution in [0.25, 0.3) is 5.76 Å². The monoisotopic (exact) mass is 358 g/mol. The van der Waals surface area contributed by atoms with E-state index in [1.807, 2.05) is 19.9 Å². The number of likely N-dealkylation sites (N-methyl/N-ethyl adjacent to an activating group) is 1. The van der Waals surface area contributed by atoms with Crippen molar-refractivity contribution in [1.29, 1.82) is 0 Å². The highest BCUT2D eigenvalue weighted by Crippen LogP contribution is 2.34. The van der Waals surface area contributed by atoms with Gasteiger partial charge in [-0.1, -0.05) is 18.2 Å². The van der Waals surface area contributed by atoms with Crippen molar-refractivity contribution < 1.29 is 18.3 Å². The maximum absolute atomic E-state index is 12.6. The molecule has 1 aliphatic heterocycles. The maximum Gasteiger partial charge on any atom is 0.276 e. The molecule has 2 N–H and O–H groups in total. The van der Waals surface area contributed by atoms with E-state index in [1.165, 1.54) is 19.2 Å². The van der Waals surface area contributed by atoms with E-state index in [-0.39, 0.29) is 21.9 Å². The summed E-state index contributed by atoms with van der Waals surface area (Å²) in [4.78, 5) is 12.6. The lowest BCUT2D eigenvalue weighted by atomic mass is 10.1. The lowest BCUT2D eigenvalue weighted by molar-refractivity contribution is -0.113. The van der Waals surface area contributed by atoms with Crippen molar-refractivity contribution in [3.63, 3.8) is 0 Å². The Balaban J connectivity index is 2.06. The molecular weight excluding hydrogens is 340 g/mol. The van der Waals surface area contributed by atoms with E-state index in [4.69, 9.17) is 0 Å². The molecule has 1 aliphatic rings. The first kappa shape index (κ1) is 17.0. The Kier molecular flexibility index (Phi) is 4.04. The Labute approximate surface area is 146 Å². The van der Waals surface area contributed by atoms with Crippen LogP contribution in [-0.2, 0) is 14.8 Å². The summed E-state index contributed by atoms with van der Waals surface area (Å²) < 4.78 is 26.0. The SMILES string of the molecule is Cc1ccc(NC(=O)C2=C(O)c3ccccc3S(=O)(=O)N2C)cc1C. The van der Waals surface area contributed by atoms with Crippen molar-refractivity contribution in [1.82, 2.24) is 4.31 Å². The third-order valence-corrected chi connectivity index (χ3v) is 6.12. The summed E-state index contributed by atoms with van der Waals surface area (Å²) in [5.41, 5.74) is 2.40. The van der Waals surface area contributed by atoms with E-state index in [1.54, 1.807) is 24.3 Å². The lowest BCUT2D eigenvalue weighted by Crippen LogP contribution is -2.37. The molecule has 0 bridgehead atoms. The summed E-state index contributed by atoms with van der Waals surface area (Å²) in [6.07, 6.45) is 0. The normalized spacial score (nSPS) is 15.7. The van der Waals surface area contributed by atoms with Gasteiger partial charge >= 0.3 is 0 Å². The maximum atomic E-state index is 12.6. The molecule has 0 atom stereocenters. The third-order valence-electron chi connectivity index (χ3n) is 4.30. The first-order valence-electron chi connectivity index (χ1n) is 7.63. The smallest absolute Gasteiger partial charge is 0.276 e. The van der Waals surface area contributed by atoms with Crippen LogP contribution in [0, 0.1) is 13.8 Å². The van der Waals surface area contributed by atoms with Crippen LogP contribution in [0.1, 0.15) is 16.7 Å². The second-order valence-electron chi connectivity index (χ2n) is 5.92. The van der Waals surface area contributed by atoms with Crippen molar-refractivity contribution in [2.24, 2.45) is 0 Å². The molecule has 2 aromatic rings. The van der Waals surface area contributed by atoms with Crippen molar-refractivity contribution >= 4 is 27.4 Å². The molecule has 0 spiro atoms. The number of rotatable bonds is 2. The fourth-order valence-electron chi connectivity index (χ4n) is 2.69. The molecule has 2 aromatic carbocycles. The molecule has 0 aliphatic carbocycles. The number of aliphatic hydroxyl groups excluding tert-OH is 1. The van der Waals surface area contributed by atoms with E-state index >= 15 is 0 Å². The molecule has 1 amide bonds. The van der Waals surface area contributed by atoms with Gasteiger partial charge in [0.05, 0.1) is 4.90 Å². The van der Waals surface area contributed by atoms with Crippen LogP contribution < -0.4 is 5.32 Å². The summed E-state index contributed by atoms with van der Waals surface area (Å²) >= 11 is 0. The lowest BCUT2D eigenvalue weighted by Gasteiger charge is -2.28. The number of hydrogen-bond donors (Lipinski definition) is 2. The molecule has 0 saturated heterocycles. The van der Waals surface area contributed by atoms with E-state index < -0.39 is 15.9 Å². The Morgan fingerprint density at radius 1 is 1.08 bits per heavy atom. The fourth-order valence-corrected chi connectivity index (χ4v) is 4.09. The summed E-state index contributed by atoms with van der Waals surface area (Å²) in [6, 6.07) is 11.4. The zero-order chi connectivity index (χ0) is 18.4. The Morgan fingerprint density at radius 3 is 2.44 bits per heavy atom. The molecule has 6 nitrogen and oxygen atoms in total. The molecule has 0 aromatic heterocycles.